The Hall–Kier alpha value is -0.960. The maximum absolute atomic E-state index is 9.38. The number of aliphatic hydroxyl groups excluding tert-OH is 1. The maximum Gasteiger partial charge on any atom is 0.119 e. The van der Waals surface area contributed by atoms with Crippen molar-refractivity contribution in [1.82, 2.24) is 4.98 Å². The lowest BCUT2D eigenvalue weighted by Gasteiger charge is -1.99. The molecule has 0 radical (unpaired) electrons. The highest BCUT2D eigenvalue weighted by Gasteiger charge is 2.10. The number of methoxy groups -OCH3 is 1. The fourth-order valence-corrected chi connectivity index (χ4v) is 1.67. The Kier molecular flexibility index (Phi) is 3.83. The van der Waals surface area contributed by atoms with Crippen LogP contribution in [0.4, 0.5) is 0 Å². The number of aromatic nitrogens is 1. The zero-order chi connectivity index (χ0) is 9.68. The molecule has 1 rings (SSSR count). The van der Waals surface area contributed by atoms with E-state index in [9.17, 15) is 5.11 Å². The molecule has 0 aliphatic heterocycles. The number of aliphatic hydroxyl groups is 1. The van der Waals surface area contributed by atoms with Gasteiger partial charge in [-0.3, -0.25) is 0 Å². The summed E-state index contributed by atoms with van der Waals surface area (Å²) in [5.41, 5.74) is 0.554. The summed E-state index contributed by atoms with van der Waals surface area (Å²) < 4.78 is 4.88. The Labute approximate surface area is 80.4 Å². The molecule has 0 bridgehead atoms. The van der Waals surface area contributed by atoms with Crippen LogP contribution < -0.4 is 0 Å². The maximum atomic E-state index is 9.38. The van der Waals surface area contributed by atoms with Gasteiger partial charge in [0.05, 0.1) is 24.8 Å². The predicted octanol–water partition coefficient (Wildman–Crippen LogP) is 1.24. The van der Waals surface area contributed by atoms with Gasteiger partial charge in [-0.05, 0) is 0 Å². The van der Waals surface area contributed by atoms with E-state index in [2.05, 4.69) is 4.98 Å². The molecule has 0 spiro atoms. The van der Waals surface area contributed by atoms with E-state index in [-0.39, 0.29) is 6.42 Å². The van der Waals surface area contributed by atoms with Crippen LogP contribution in [-0.4, -0.2) is 17.2 Å². The van der Waals surface area contributed by atoms with Gasteiger partial charge in [-0.15, -0.1) is 11.3 Å². The van der Waals surface area contributed by atoms with Crippen LogP contribution in [0.3, 0.4) is 0 Å². The number of thiazole rings is 1. The summed E-state index contributed by atoms with van der Waals surface area (Å²) in [6, 6.07) is 1.89. The Bertz CT molecular complexity index is 305. The van der Waals surface area contributed by atoms with Crippen molar-refractivity contribution in [2.45, 2.75) is 19.1 Å². The second-order valence-electron chi connectivity index (χ2n) is 2.48. The minimum atomic E-state index is -0.771. The van der Waals surface area contributed by atoms with Crippen LogP contribution in [0.15, 0.2) is 5.38 Å². The molecule has 1 aromatic rings. The standard InChI is InChI=1S/C8H10N2O2S/c1-12-4-8-10-6(5-13-8)7(11)2-3-9/h5,7,11H,2,4H2,1H3. The number of nitrogens with zero attached hydrogens (tertiary/aromatic N) is 2. The molecule has 1 aromatic heterocycles. The molecule has 70 valence electrons. The van der Waals surface area contributed by atoms with Crippen molar-refractivity contribution in [2.75, 3.05) is 7.11 Å². The molecule has 0 amide bonds. The molecule has 0 saturated heterocycles. The van der Waals surface area contributed by atoms with Gasteiger partial charge in [0, 0.05) is 12.5 Å². The summed E-state index contributed by atoms with van der Waals surface area (Å²) >= 11 is 1.42. The SMILES string of the molecule is COCc1nc(C(O)CC#N)cs1. The quantitative estimate of drug-likeness (QED) is 0.790. The fourth-order valence-electron chi connectivity index (χ4n) is 0.859. The largest absolute Gasteiger partial charge is 0.386 e. The molecule has 1 unspecified atom stereocenters. The van der Waals surface area contributed by atoms with E-state index in [1.807, 2.05) is 6.07 Å². The van der Waals surface area contributed by atoms with Gasteiger partial charge < -0.3 is 9.84 Å². The Balaban J connectivity index is 2.63. The highest BCUT2D eigenvalue weighted by molar-refractivity contribution is 7.09. The van der Waals surface area contributed by atoms with Crippen LogP contribution in [0.25, 0.3) is 0 Å². The molecule has 0 saturated carbocycles. The number of ether oxygens (including phenoxy) is 1. The molecule has 0 fully saturated rings. The predicted molar refractivity (Wildman–Crippen MR) is 48.0 cm³/mol. The van der Waals surface area contributed by atoms with Gasteiger partial charge in [-0.25, -0.2) is 4.98 Å². The minimum absolute atomic E-state index is 0.0795. The molecule has 0 aromatic carbocycles. The van der Waals surface area contributed by atoms with Crippen molar-refractivity contribution in [3.8, 4) is 6.07 Å². The number of hydrogen-bond donors (Lipinski definition) is 1. The zero-order valence-electron chi connectivity index (χ0n) is 7.23. The average Bonchev–Trinajstić information content (AvgIpc) is 2.54. The fraction of sp³-hybridized carbons (Fsp3) is 0.500. The molecule has 1 heterocycles. The van der Waals surface area contributed by atoms with Crippen molar-refractivity contribution in [2.24, 2.45) is 0 Å². The number of hydrogen-bond acceptors (Lipinski definition) is 5. The molecular formula is C8H10N2O2S. The van der Waals surface area contributed by atoms with E-state index in [1.165, 1.54) is 11.3 Å². The van der Waals surface area contributed by atoms with Crippen LogP contribution in [0.5, 0.6) is 0 Å². The lowest BCUT2D eigenvalue weighted by molar-refractivity contribution is 0.173. The summed E-state index contributed by atoms with van der Waals surface area (Å²) in [5.74, 6) is 0. The molecule has 0 aliphatic carbocycles. The summed E-state index contributed by atoms with van der Waals surface area (Å²) in [6.45, 7) is 0.448. The Morgan fingerprint density at radius 2 is 2.62 bits per heavy atom. The van der Waals surface area contributed by atoms with Gasteiger partial charge in [-0.1, -0.05) is 0 Å². The van der Waals surface area contributed by atoms with Gasteiger partial charge in [0.1, 0.15) is 11.1 Å². The first-order valence-electron chi connectivity index (χ1n) is 3.76. The van der Waals surface area contributed by atoms with E-state index in [4.69, 9.17) is 10.00 Å². The summed E-state index contributed by atoms with van der Waals surface area (Å²) in [5, 5.41) is 20.3. The first-order valence-corrected chi connectivity index (χ1v) is 4.64. The number of rotatable bonds is 4. The van der Waals surface area contributed by atoms with Crippen molar-refractivity contribution in [1.29, 1.82) is 5.26 Å². The average molecular weight is 198 g/mol. The van der Waals surface area contributed by atoms with Crippen molar-refractivity contribution in [3.05, 3.63) is 16.1 Å². The van der Waals surface area contributed by atoms with E-state index in [1.54, 1.807) is 12.5 Å². The normalized spacial score (nSPS) is 12.4. The minimum Gasteiger partial charge on any atom is -0.386 e. The van der Waals surface area contributed by atoms with Gasteiger partial charge in [-0.2, -0.15) is 5.26 Å². The third kappa shape index (κ3) is 2.77. The van der Waals surface area contributed by atoms with E-state index < -0.39 is 6.10 Å². The van der Waals surface area contributed by atoms with Crippen LogP contribution in [0.1, 0.15) is 23.2 Å². The second kappa shape index (κ2) is 4.92. The van der Waals surface area contributed by atoms with E-state index in [0.717, 1.165) is 5.01 Å². The monoisotopic (exact) mass is 198 g/mol. The first kappa shape index (κ1) is 10.1. The van der Waals surface area contributed by atoms with Crippen LogP contribution >= 0.6 is 11.3 Å². The van der Waals surface area contributed by atoms with Gasteiger partial charge >= 0.3 is 0 Å². The van der Waals surface area contributed by atoms with Crippen molar-refractivity contribution >= 4 is 11.3 Å². The summed E-state index contributed by atoms with van der Waals surface area (Å²) in [7, 11) is 1.59. The molecule has 1 N–H and O–H groups in total. The molecule has 0 aliphatic rings. The molecular weight excluding hydrogens is 188 g/mol. The first-order chi connectivity index (χ1) is 6.27. The number of nitriles is 1. The molecule has 5 heteroatoms. The van der Waals surface area contributed by atoms with Gasteiger partial charge in [0.25, 0.3) is 0 Å². The third-order valence-electron chi connectivity index (χ3n) is 1.46. The summed E-state index contributed by atoms with van der Waals surface area (Å²) in [6.07, 6.45) is -0.692. The van der Waals surface area contributed by atoms with Crippen LogP contribution in [0.2, 0.25) is 0 Å². The van der Waals surface area contributed by atoms with Gasteiger partial charge in [0.2, 0.25) is 0 Å². The molecule has 13 heavy (non-hydrogen) atoms. The Morgan fingerprint density at radius 3 is 3.23 bits per heavy atom. The topological polar surface area (TPSA) is 66.1 Å². The van der Waals surface area contributed by atoms with Crippen molar-refractivity contribution < 1.29 is 9.84 Å². The van der Waals surface area contributed by atoms with Gasteiger partial charge in [0.15, 0.2) is 0 Å². The van der Waals surface area contributed by atoms with Crippen molar-refractivity contribution in [3.63, 3.8) is 0 Å². The van der Waals surface area contributed by atoms with Crippen LogP contribution in [0, 0.1) is 11.3 Å². The highest BCUT2D eigenvalue weighted by atomic mass is 32.1. The highest BCUT2D eigenvalue weighted by Crippen LogP contribution is 2.19. The second-order valence-corrected chi connectivity index (χ2v) is 3.42. The smallest absolute Gasteiger partial charge is 0.119 e. The third-order valence-corrected chi connectivity index (χ3v) is 2.30. The lowest BCUT2D eigenvalue weighted by Crippen LogP contribution is -1.97. The molecule has 4 nitrogen and oxygen atoms in total. The lowest BCUT2D eigenvalue weighted by atomic mass is 10.2. The van der Waals surface area contributed by atoms with E-state index >= 15 is 0 Å². The van der Waals surface area contributed by atoms with E-state index in [0.29, 0.717) is 12.3 Å². The molecule has 1 atom stereocenters. The summed E-state index contributed by atoms with van der Waals surface area (Å²) in [4.78, 5) is 4.11. The van der Waals surface area contributed by atoms with Crippen LogP contribution in [-0.2, 0) is 11.3 Å². The zero-order valence-corrected chi connectivity index (χ0v) is 8.04. The Morgan fingerprint density at radius 1 is 1.85 bits per heavy atom.